The number of rotatable bonds is 1. The summed E-state index contributed by atoms with van der Waals surface area (Å²) >= 11 is 0. The van der Waals surface area contributed by atoms with Crippen molar-refractivity contribution < 1.29 is 0 Å². The molecule has 2 N–H and O–H groups in total. The minimum atomic E-state index is 0.564. The number of anilines is 1. The van der Waals surface area contributed by atoms with Crippen LogP contribution in [0.3, 0.4) is 0 Å². The molecule has 0 radical (unpaired) electrons. The average Bonchev–Trinajstić information content (AvgIpc) is 2.63. The number of hydrogen-bond acceptors (Lipinski definition) is 3. The summed E-state index contributed by atoms with van der Waals surface area (Å²) in [7, 11) is 1.79. The van der Waals surface area contributed by atoms with E-state index in [0.717, 1.165) is 16.7 Å². The Morgan fingerprint density at radius 1 is 1.62 bits per heavy atom. The van der Waals surface area contributed by atoms with Crippen molar-refractivity contribution in [1.29, 1.82) is 5.26 Å². The van der Waals surface area contributed by atoms with Gasteiger partial charge in [0.05, 0.1) is 11.3 Å². The summed E-state index contributed by atoms with van der Waals surface area (Å²) in [5.41, 5.74) is 2.19. The van der Waals surface area contributed by atoms with Crippen LogP contribution in [0.15, 0.2) is 18.5 Å². The number of aromatic nitrogens is 2. The summed E-state index contributed by atoms with van der Waals surface area (Å²) in [4.78, 5) is 7.09. The van der Waals surface area contributed by atoms with E-state index in [-0.39, 0.29) is 0 Å². The molecule has 4 nitrogen and oxygen atoms in total. The summed E-state index contributed by atoms with van der Waals surface area (Å²) in [5, 5.41) is 12.7. The minimum absolute atomic E-state index is 0.564. The Morgan fingerprint density at radius 2 is 2.46 bits per heavy atom. The Bertz CT molecular complexity index is 478. The molecule has 2 aromatic heterocycles. The van der Waals surface area contributed by atoms with Crippen molar-refractivity contribution >= 4 is 16.7 Å². The molecule has 0 spiro atoms. The van der Waals surface area contributed by atoms with Crippen molar-refractivity contribution in [1.82, 2.24) is 9.97 Å². The number of nitrogens with one attached hydrogen (secondary N) is 2. The van der Waals surface area contributed by atoms with Gasteiger partial charge in [-0.05, 0) is 6.07 Å². The zero-order valence-corrected chi connectivity index (χ0v) is 7.13. The molecule has 0 amide bonds. The van der Waals surface area contributed by atoms with E-state index in [1.54, 1.807) is 19.4 Å². The Balaban J connectivity index is 2.84. The first-order valence-corrected chi connectivity index (χ1v) is 3.90. The average molecular weight is 172 g/mol. The number of hydrogen-bond donors (Lipinski definition) is 2. The summed E-state index contributed by atoms with van der Waals surface area (Å²) in [6, 6.07) is 3.99. The quantitative estimate of drug-likeness (QED) is 0.684. The minimum Gasteiger partial charge on any atom is -0.386 e. The van der Waals surface area contributed by atoms with Crippen LogP contribution >= 0.6 is 0 Å². The molecule has 13 heavy (non-hydrogen) atoms. The maximum atomic E-state index is 8.81. The number of H-pyrrole nitrogens is 1. The fourth-order valence-electron chi connectivity index (χ4n) is 1.36. The van der Waals surface area contributed by atoms with Gasteiger partial charge in [-0.3, -0.25) is 0 Å². The van der Waals surface area contributed by atoms with Crippen molar-refractivity contribution in [3.05, 3.63) is 24.0 Å². The van der Waals surface area contributed by atoms with Crippen LogP contribution in [0.2, 0.25) is 0 Å². The van der Waals surface area contributed by atoms with Crippen molar-refractivity contribution in [2.75, 3.05) is 12.4 Å². The number of nitrogens with zero attached hydrogens (tertiary/aromatic N) is 2. The highest BCUT2D eigenvalue weighted by atomic mass is 14.9. The Morgan fingerprint density at radius 3 is 3.15 bits per heavy atom. The summed E-state index contributed by atoms with van der Waals surface area (Å²) < 4.78 is 0. The smallest absolute Gasteiger partial charge is 0.139 e. The lowest BCUT2D eigenvalue weighted by Gasteiger charge is -2.02. The van der Waals surface area contributed by atoms with Crippen molar-refractivity contribution in [3.8, 4) is 6.07 Å². The fourth-order valence-corrected chi connectivity index (χ4v) is 1.36. The molecule has 2 rings (SSSR count). The van der Waals surface area contributed by atoms with Crippen LogP contribution < -0.4 is 5.32 Å². The van der Waals surface area contributed by atoms with Gasteiger partial charge in [0, 0.05) is 24.8 Å². The van der Waals surface area contributed by atoms with E-state index in [0.29, 0.717) is 5.56 Å². The summed E-state index contributed by atoms with van der Waals surface area (Å²) in [6.45, 7) is 0. The SMILES string of the molecule is CNc1c(C#N)cnc2[nH]ccc12. The first-order chi connectivity index (χ1) is 6.36. The second-order valence-corrected chi connectivity index (χ2v) is 2.65. The number of nitriles is 1. The third-order valence-electron chi connectivity index (χ3n) is 1.96. The van der Waals surface area contributed by atoms with Gasteiger partial charge < -0.3 is 10.3 Å². The number of pyridine rings is 1. The van der Waals surface area contributed by atoms with Crippen molar-refractivity contribution in [3.63, 3.8) is 0 Å². The molecule has 0 atom stereocenters. The normalized spacial score (nSPS) is 9.85. The monoisotopic (exact) mass is 172 g/mol. The fraction of sp³-hybridized carbons (Fsp3) is 0.111. The Hall–Kier alpha value is -2.02. The molecule has 0 unspecified atom stereocenters. The van der Waals surface area contributed by atoms with E-state index in [4.69, 9.17) is 5.26 Å². The Kier molecular flexibility index (Phi) is 1.64. The highest BCUT2D eigenvalue weighted by molar-refractivity contribution is 5.92. The Labute approximate surface area is 75.2 Å². The molecule has 0 fully saturated rings. The van der Waals surface area contributed by atoms with Gasteiger partial charge in [-0.1, -0.05) is 0 Å². The predicted molar refractivity (Wildman–Crippen MR) is 50.4 cm³/mol. The zero-order chi connectivity index (χ0) is 9.26. The highest BCUT2D eigenvalue weighted by Gasteiger charge is 2.06. The van der Waals surface area contributed by atoms with Gasteiger partial charge in [-0.25, -0.2) is 4.98 Å². The molecule has 0 aliphatic rings. The lowest BCUT2D eigenvalue weighted by Crippen LogP contribution is -1.94. The lowest BCUT2D eigenvalue weighted by molar-refractivity contribution is 1.30. The van der Waals surface area contributed by atoms with E-state index in [1.807, 2.05) is 6.07 Å². The largest absolute Gasteiger partial charge is 0.386 e. The van der Waals surface area contributed by atoms with Crippen LogP contribution in [0.4, 0.5) is 5.69 Å². The van der Waals surface area contributed by atoms with Crippen LogP contribution in [0.5, 0.6) is 0 Å². The third-order valence-corrected chi connectivity index (χ3v) is 1.96. The molecule has 0 aromatic carbocycles. The van der Waals surface area contributed by atoms with Crippen LogP contribution in [0, 0.1) is 11.3 Å². The topological polar surface area (TPSA) is 64.5 Å². The summed E-state index contributed by atoms with van der Waals surface area (Å²) in [6.07, 6.45) is 3.37. The van der Waals surface area contributed by atoms with E-state index in [9.17, 15) is 0 Å². The van der Waals surface area contributed by atoms with Gasteiger partial charge in [-0.2, -0.15) is 5.26 Å². The number of fused-ring (bicyclic) bond motifs is 1. The highest BCUT2D eigenvalue weighted by Crippen LogP contribution is 2.23. The molecule has 2 aromatic rings. The zero-order valence-electron chi connectivity index (χ0n) is 7.13. The maximum absolute atomic E-state index is 8.81. The predicted octanol–water partition coefficient (Wildman–Crippen LogP) is 1.48. The van der Waals surface area contributed by atoms with Gasteiger partial charge >= 0.3 is 0 Å². The molecule has 0 bridgehead atoms. The molecular weight excluding hydrogens is 164 g/mol. The molecule has 4 heteroatoms. The molecule has 0 aliphatic heterocycles. The van der Waals surface area contributed by atoms with Gasteiger partial charge in [0.15, 0.2) is 0 Å². The lowest BCUT2D eigenvalue weighted by atomic mass is 10.2. The van der Waals surface area contributed by atoms with Gasteiger partial charge in [0.25, 0.3) is 0 Å². The maximum Gasteiger partial charge on any atom is 0.139 e. The van der Waals surface area contributed by atoms with Crippen LogP contribution in [-0.2, 0) is 0 Å². The first-order valence-electron chi connectivity index (χ1n) is 3.90. The first kappa shape index (κ1) is 7.62. The molecule has 0 aliphatic carbocycles. The second-order valence-electron chi connectivity index (χ2n) is 2.65. The molecule has 0 saturated heterocycles. The van der Waals surface area contributed by atoms with Gasteiger partial charge in [0.1, 0.15) is 11.7 Å². The standard InChI is InChI=1S/C9H8N4/c1-11-8-6(4-10)5-13-9-7(8)2-3-12-9/h2-3,5H,1H3,(H2,11,12,13). The molecular formula is C9H8N4. The van der Waals surface area contributed by atoms with Gasteiger partial charge in [0.2, 0.25) is 0 Å². The van der Waals surface area contributed by atoms with E-state index in [1.165, 1.54) is 0 Å². The second kappa shape index (κ2) is 2.79. The van der Waals surface area contributed by atoms with Crippen LogP contribution in [-0.4, -0.2) is 17.0 Å². The third kappa shape index (κ3) is 1.02. The molecule has 64 valence electrons. The van der Waals surface area contributed by atoms with Crippen LogP contribution in [0.25, 0.3) is 11.0 Å². The summed E-state index contributed by atoms with van der Waals surface area (Å²) in [5.74, 6) is 0. The van der Waals surface area contributed by atoms with E-state index >= 15 is 0 Å². The van der Waals surface area contributed by atoms with Crippen molar-refractivity contribution in [2.24, 2.45) is 0 Å². The van der Waals surface area contributed by atoms with E-state index in [2.05, 4.69) is 21.4 Å². The molecule has 2 heterocycles. The van der Waals surface area contributed by atoms with Gasteiger partial charge in [-0.15, -0.1) is 0 Å². The van der Waals surface area contributed by atoms with E-state index < -0.39 is 0 Å². The number of aromatic amines is 1. The van der Waals surface area contributed by atoms with Crippen LogP contribution in [0.1, 0.15) is 5.56 Å². The van der Waals surface area contributed by atoms with Crippen molar-refractivity contribution in [2.45, 2.75) is 0 Å². The molecule has 0 saturated carbocycles.